The van der Waals surface area contributed by atoms with E-state index in [1.54, 1.807) is 4.88 Å². The van der Waals surface area contributed by atoms with Crippen LogP contribution >= 0.6 is 23.1 Å². The normalized spacial score (nSPS) is 30.3. The van der Waals surface area contributed by atoms with E-state index < -0.39 is 0 Å². The molecule has 0 spiro atoms. The Kier molecular flexibility index (Phi) is 3.43. The number of hydrogen-bond donors (Lipinski definition) is 1. The molecule has 0 radical (unpaired) electrons. The van der Waals surface area contributed by atoms with Crippen LogP contribution in [0.4, 0.5) is 0 Å². The van der Waals surface area contributed by atoms with Crippen LogP contribution in [0.2, 0.25) is 0 Å². The van der Waals surface area contributed by atoms with Gasteiger partial charge in [0.2, 0.25) is 0 Å². The lowest BCUT2D eigenvalue weighted by atomic mass is 9.95. The third kappa shape index (κ3) is 2.38. The van der Waals surface area contributed by atoms with Gasteiger partial charge < -0.3 is 5.32 Å². The number of nitrogens with one attached hydrogen (secondary N) is 1. The number of nitrogens with zero attached hydrogens (tertiary/aromatic N) is 1. The summed E-state index contributed by atoms with van der Waals surface area (Å²) in [5.74, 6) is 1.18. The van der Waals surface area contributed by atoms with Crippen LogP contribution in [0.25, 0.3) is 0 Å². The monoisotopic (exact) mass is 266 g/mol. The Morgan fingerprint density at radius 1 is 1.53 bits per heavy atom. The van der Waals surface area contributed by atoms with Gasteiger partial charge in [0.1, 0.15) is 0 Å². The van der Waals surface area contributed by atoms with Crippen LogP contribution in [0.5, 0.6) is 0 Å². The lowest BCUT2D eigenvalue weighted by molar-refractivity contribution is 0.576. The van der Waals surface area contributed by atoms with Crippen LogP contribution in [-0.4, -0.2) is 17.0 Å². The third-order valence-corrected chi connectivity index (χ3v) is 5.60. The van der Waals surface area contributed by atoms with Gasteiger partial charge in [-0.1, -0.05) is 18.7 Å². The van der Waals surface area contributed by atoms with Crippen molar-refractivity contribution >= 4 is 28.3 Å². The molecule has 0 amide bonds. The molecule has 0 aromatic carbocycles. The van der Waals surface area contributed by atoms with Gasteiger partial charge in [-0.15, -0.1) is 11.3 Å². The Hall–Kier alpha value is -0.480. The summed E-state index contributed by atoms with van der Waals surface area (Å²) in [4.78, 5) is 6.48. The van der Waals surface area contributed by atoms with E-state index in [1.165, 1.54) is 42.2 Å². The van der Waals surface area contributed by atoms with E-state index in [0.717, 1.165) is 0 Å². The molecule has 4 heteroatoms. The molecule has 3 rings (SSSR count). The average molecular weight is 266 g/mol. The van der Waals surface area contributed by atoms with Gasteiger partial charge in [0.15, 0.2) is 5.17 Å². The van der Waals surface area contributed by atoms with Gasteiger partial charge in [-0.2, -0.15) is 0 Å². The van der Waals surface area contributed by atoms with E-state index in [-0.39, 0.29) is 0 Å². The first kappa shape index (κ1) is 11.6. The van der Waals surface area contributed by atoms with E-state index in [9.17, 15) is 0 Å². The Bertz CT molecular complexity index is 425. The fourth-order valence-electron chi connectivity index (χ4n) is 2.47. The van der Waals surface area contributed by atoms with E-state index in [4.69, 9.17) is 4.99 Å². The Morgan fingerprint density at radius 2 is 2.47 bits per heavy atom. The second-order valence-corrected chi connectivity index (χ2v) is 6.71. The van der Waals surface area contributed by atoms with Crippen molar-refractivity contribution in [1.29, 1.82) is 0 Å². The number of fused-ring (bicyclic) bond motifs is 1. The second-order valence-electron chi connectivity index (χ2n) is 4.70. The van der Waals surface area contributed by atoms with Crippen molar-refractivity contribution < 1.29 is 0 Å². The summed E-state index contributed by atoms with van der Waals surface area (Å²) in [6.07, 6.45) is 4.95. The minimum Gasteiger partial charge on any atom is -0.361 e. The quantitative estimate of drug-likeness (QED) is 0.884. The number of thioether (sulfide) groups is 1. The van der Waals surface area contributed by atoms with E-state index in [1.807, 2.05) is 23.1 Å². The predicted octanol–water partition coefficient (Wildman–Crippen LogP) is 3.60. The standard InChI is InChI=1S/C13H18N2S2/c1-2-9-8-17-13(14-9)15-11-4-3-5-12-10(11)6-7-16-12/h6-7,9,11H,2-5,8H2,1H3,(H,14,15). The zero-order valence-electron chi connectivity index (χ0n) is 10.1. The lowest BCUT2D eigenvalue weighted by Gasteiger charge is -2.19. The van der Waals surface area contributed by atoms with Gasteiger partial charge >= 0.3 is 0 Å². The SMILES string of the molecule is CCC1CSC(=NC2CCCc3sccc32)N1. The molecule has 92 valence electrons. The summed E-state index contributed by atoms with van der Waals surface area (Å²) >= 11 is 3.78. The fourth-order valence-corrected chi connectivity index (χ4v) is 4.58. The number of aryl methyl sites for hydroxylation is 1. The molecule has 2 nitrogen and oxygen atoms in total. The number of aliphatic imine (C=N–C) groups is 1. The van der Waals surface area contributed by atoms with Crippen LogP contribution < -0.4 is 5.32 Å². The van der Waals surface area contributed by atoms with E-state index in [0.29, 0.717) is 12.1 Å². The van der Waals surface area contributed by atoms with Gasteiger partial charge in [0.25, 0.3) is 0 Å². The molecule has 1 fully saturated rings. The Balaban J connectivity index is 1.77. The van der Waals surface area contributed by atoms with Gasteiger partial charge in [0, 0.05) is 16.7 Å². The van der Waals surface area contributed by atoms with Gasteiger partial charge in [-0.05, 0) is 42.7 Å². The predicted molar refractivity (Wildman–Crippen MR) is 77.1 cm³/mol. The van der Waals surface area contributed by atoms with Crippen molar-refractivity contribution in [2.45, 2.75) is 44.7 Å². The van der Waals surface area contributed by atoms with Crippen molar-refractivity contribution in [2.75, 3.05) is 5.75 Å². The van der Waals surface area contributed by atoms with Crippen LogP contribution in [0, 0.1) is 0 Å². The number of rotatable bonds is 2. The molecule has 2 unspecified atom stereocenters. The van der Waals surface area contributed by atoms with Crippen LogP contribution in [0.3, 0.4) is 0 Å². The average Bonchev–Trinajstić information content (AvgIpc) is 2.97. The van der Waals surface area contributed by atoms with Crippen molar-refractivity contribution in [3.8, 4) is 0 Å². The van der Waals surface area contributed by atoms with Crippen molar-refractivity contribution in [1.82, 2.24) is 5.32 Å². The molecule has 17 heavy (non-hydrogen) atoms. The molecule has 2 aliphatic rings. The number of amidine groups is 1. The van der Waals surface area contributed by atoms with Gasteiger partial charge in [-0.25, -0.2) is 0 Å². The molecule has 0 saturated carbocycles. The van der Waals surface area contributed by atoms with Gasteiger partial charge in [-0.3, -0.25) is 4.99 Å². The first-order valence-electron chi connectivity index (χ1n) is 6.40. The maximum Gasteiger partial charge on any atom is 0.157 e. The Labute approximate surface area is 111 Å². The highest BCUT2D eigenvalue weighted by Crippen LogP contribution is 2.36. The first-order chi connectivity index (χ1) is 8.36. The molecule has 1 saturated heterocycles. The summed E-state index contributed by atoms with van der Waals surface area (Å²) in [5.41, 5.74) is 1.48. The van der Waals surface area contributed by atoms with Crippen LogP contribution in [-0.2, 0) is 6.42 Å². The lowest BCUT2D eigenvalue weighted by Crippen LogP contribution is -2.26. The van der Waals surface area contributed by atoms with E-state index >= 15 is 0 Å². The van der Waals surface area contributed by atoms with E-state index in [2.05, 4.69) is 23.7 Å². The fraction of sp³-hybridized carbons (Fsp3) is 0.615. The summed E-state index contributed by atoms with van der Waals surface area (Å²) in [6.45, 7) is 2.23. The minimum absolute atomic E-state index is 0.413. The maximum absolute atomic E-state index is 4.92. The molecule has 2 heterocycles. The number of thiophene rings is 1. The second kappa shape index (κ2) is 5.02. The third-order valence-electron chi connectivity index (χ3n) is 3.53. The molecular weight excluding hydrogens is 248 g/mol. The van der Waals surface area contributed by atoms with Crippen LogP contribution in [0.15, 0.2) is 16.4 Å². The summed E-state index contributed by atoms with van der Waals surface area (Å²) < 4.78 is 0. The molecule has 1 aliphatic carbocycles. The van der Waals surface area contributed by atoms with Crippen molar-refractivity contribution in [3.63, 3.8) is 0 Å². The molecule has 1 N–H and O–H groups in total. The molecule has 1 aromatic heterocycles. The number of hydrogen-bond acceptors (Lipinski definition) is 3. The first-order valence-corrected chi connectivity index (χ1v) is 8.26. The largest absolute Gasteiger partial charge is 0.361 e. The van der Waals surface area contributed by atoms with Gasteiger partial charge in [0.05, 0.1) is 6.04 Å². The highest BCUT2D eigenvalue weighted by Gasteiger charge is 2.24. The molecule has 0 bridgehead atoms. The topological polar surface area (TPSA) is 24.4 Å². The van der Waals surface area contributed by atoms with Crippen molar-refractivity contribution in [2.24, 2.45) is 4.99 Å². The highest BCUT2D eigenvalue weighted by atomic mass is 32.2. The Morgan fingerprint density at radius 3 is 3.29 bits per heavy atom. The minimum atomic E-state index is 0.413. The molecular formula is C13H18N2S2. The molecule has 1 aliphatic heterocycles. The van der Waals surface area contributed by atoms with Crippen molar-refractivity contribution in [3.05, 3.63) is 21.9 Å². The summed E-state index contributed by atoms with van der Waals surface area (Å²) in [5, 5.41) is 6.91. The molecule has 2 atom stereocenters. The van der Waals surface area contributed by atoms with Crippen LogP contribution in [0.1, 0.15) is 42.7 Å². The smallest absolute Gasteiger partial charge is 0.157 e. The molecule has 1 aromatic rings. The zero-order valence-corrected chi connectivity index (χ0v) is 11.7. The highest BCUT2D eigenvalue weighted by molar-refractivity contribution is 8.14. The zero-order chi connectivity index (χ0) is 11.7. The maximum atomic E-state index is 4.92. The summed E-state index contributed by atoms with van der Waals surface area (Å²) in [7, 11) is 0. The summed E-state index contributed by atoms with van der Waals surface area (Å²) in [6, 6.07) is 3.31.